The maximum atomic E-state index is 5.39. The molecule has 0 aromatic carbocycles. The van der Waals surface area contributed by atoms with Gasteiger partial charge in [-0.2, -0.15) is 0 Å². The first-order valence-corrected chi connectivity index (χ1v) is 6.89. The zero-order valence-electron chi connectivity index (χ0n) is 11.4. The van der Waals surface area contributed by atoms with Gasteiger partial charge in [-0.1, -0.05) is 6.92 Å². The maximum absolute atomic E-state index is 5.39. The molecule has 1 aliphatic heterocycles. The minimum atomic E-state index is 0.601. The first-order chi connectivity index (χ1) is 8.79. The smallest absolute Gasteiger partial charge is 0.128 e. The Morgan fingerprint density at radius 3 is 3.11 bits per heavy atom. The summed E-state index contributed by atoms with van der Waals surface area (Å²) < 4.78 is 5.39. The number of nitrogens with one attached hydrogen (secondary N) is 1. The SMILES string of the molecule is CCCNCc1nc(CC2CCOC2)ncc1C. The van der Waals surface area contributed by atoms with Gasteiger partial charge in [-0.15, -0.1) is 0 Å². The van der Waals surface area contributed by atoms with E-state index in [2.05, 4.69) is 29.1 Å². The molecule has 1 N–H and O–H groups in total. The van der Waals surface area contributed by atoms with Crippen LogP contribution in [-0.4, -0.2) is 29.7 Å². The summed E-state index contributed by atoms with van der Waals surface area (Å²) >= 11 is 0. The lowest BCUT2D eigenvalue weighted by Crippen LogP contribution is -2.17. The van der Waals surface area contributed by atoms with Crippen LogP contribution in [0.15, 0.2) is 6.20 Å². The number of aromatic nitrogens is 2. The van der Waals surface area contributed by atoms with Gasteiger partial charge in [-0.05, 0) is 37.8 Å². The Kier molecular flexibility index (Phi) is 5.08. The predicted molar refractivity (Wildman–Crippen MR) is 71.4 cm³/mol. The molecule has 0 saturated carbocycles. The molecule has 0 bridgehead atoms. The molecular weight excluding hydrogens is 226 g/mol. The topological polar surface area (TPSA) is 47.0 Å². The molecule has 1 unspecified atom stereocenters. The highest BCUT2D eigenvalue weighted by Gasteiger charge is 2.17. The Morgan fingerprint density at radius 2 is 2.39 bits per heavy atom. The summed E-state index contributed by atoms with van der Waals surface area (Å²) in [5.41, 5.74) is 2.30. The van der Waals surface area contributed by atoms with Crippen LogP contribution in [0.3, 0.4) is 0 Å². The third-order valence-corrected chi connectivity index (χ3v) is 3.34. The van der Waals surface area contributed by atoms with Gasteiger partial charge in [0.1, 0.15) is 5.82 Å². The van der Waals surface area contributed by atoms with Crippen molar-refractivity contribution < 1.29 is 4.74 Å². The van der Waals surface area contributed by atoms with Gasteiger partial charge >= 0.3 is 0 Å². The highest BCUT2D eigenvalue weighted by atomic mass is 16.5. The molecule has 0 aliphatic carbocycles. The van der Waals surface area contributed by atoms with E-state index < -0.39 is 0 Å². The van der Waals surface area contributed by atoms with E-state index in [0.29, 0.717) is 5.92 Å². The van der Waals surface area contributed by atoms with Gasteiger partial charge in [0.2, 0.25) is 0 Å². The van der Waals surface area contributed by atoms with Gasteiger partial charge in [0, 0.05) is 32.4 Å². The number of hydrogen-bond acceptors (Lipinski definition) is 4. The molecule has 0 amide bonds. The normalized spacial score (nSPS) is 19.3. The van der Waals surface area contributed by atoms with Gasteiger partial charge < -0.3 is 10.1 Å². The summed E-state index contributed by atoms with van der Waals surface area (Å²) in [5.74, 6) is 1.56. The molecule has 0 spiro atoms. The van der Waals surface area contributed by atoms with Crippen LogP contribution < -0.4 is 5.32 Å². The van der Waals surface area contributed by atoms with Gasteiger partial charge in [0.05, 0.1) is 5.69 Å². The molecule has 1 aliphatic rings. The molecule has 1 aromatic rings. The molecule has 0 radical (unpaired) electrons. The lowest BCUT2D eigenvalue weighted by molar-refractivity contribution is 0.185. The highest BCUT2D eigenvalue weighted by molar-refractivity contribution is 5.15. The summed E-state index contributed by atoms with van der Waals surface area (Å²) in [6, 6.07) is 0. The second-order valence-electron chi connectivity index (χ2n) is 5.03. The van der Waals surface area contributed by atoms with Crippen LogP contribution in [0, 0.1) is 12.8 Å². The maximum Gasteiger partial charge on any atom is 0.128 e. The van der Waals surface area contributed by atoms with Crippen molar-refractivity contribution in [3.8, 4) is 0 Å². The lowest BCUT2D eigenvalue weighted by atomic mass is 10.0. The summed E-state index contributed by atoms with van der Waals surface area (Å²) in [6.07, 6.45) is 5.18. The summed E-state index contributed by atoms with van der Waals surface area (Å²) in [5, 5.41) is 3.40. The Balaban J connectivity index is 1.96. The molecule has 1 atom stereocenters. The Morgan fingerprint density at radius 1 is 1.50 bits per heavy atom. The van der Waals surface area contributed by atoms with Crippen molar-refractivity contribution in [2.45, 2.75) is 39.7 Å². The molecule has 1 fully saturated rings. The Bertz CT molecular complexity index is 375. The molecule has 1 aromatic heterocycles. The van der Waals surface area contributed by atoms with Crippen LogP contribution in [0.25, 0.3) is 0 Å². The molecular formula is C14H23N3O. The molecule has 18 heavy (non-hydrogen) atoms. The van der Waals surface area contributed by atoms with Crippen LogP contribution >= 0.6 is 0 Å². The van der Waals surface area contributed by atoms with E-state index in [9.17, 15) is 0 Å². The highest BCUT2D eigenvalue weighted by Crippen LogP contribution is 2.16. The largest absolute Gasteiger partial charge is 0.381 e. The molecule has 2 rings (SSSR count). The Hall–Kier alpha value is -1.00. The number of hydrogen-bond donors (Lipinski definition) is 1. The fourth-order valence-electron chi connectivity index (χ4n) is 2.18. The van der Waals surface area contributed by atoms with Crippen molar-refractivity contribution in [1.29, 1.82) is 0 Å². The molecule has 100 valence electrons. The standard InChI is InChI=1S/C14H23N3O/c1-3-5-15-9-13-11(2)8-16-14(17-13)7-12-4-6-18-10-12/h8,12,15H,3-7,9-10H2,1-2H3. The van der Waals surface area contributed by atoms with Crippen molar-refractivity contribution in [2.75, 3.05) is 19.8 Å². The summed E-state index contributed by atoms with van der Waals surface area (Å²) in [4.78, 5) is 9.11. The van der Waals surface area contributed by atoms with E-state index in [1.54, 1.807) is 0 Å². The van der Waals surface area contributed by atoms with Crippen LogP contribution in [-0.2, 0) is 17.7 Å². The van der Waals surface area contributed by atoms with E-state index in [-0.39, 0.29) is 0 Å². The van der Waals surface area contributed by atoms with Gasteiger partial charge in [0.25, 0.3) is 0 Å². The average molecular weight is 249 g/mol. The minimum Gasteiger partial charge on any atom is -0.381 e. The number of ether oxygens (including phenoxy) is 1. The predicted octanol–water partition coefficient (Wildman–Crippen LogP) is 1.86. The van der Waals surface area contributed by atoms with Crippen LogP contribution in [0.1, 0.15) is 36.8 Å². The minimum absolute atomic E-state index is 0.601. The molecule has 4 heteroatoms. The fraction of sp³-hybridized carbons (Fsp3) is 0.714. The number of rotatable bonds is 6. The molecule has 1 saturated heterocycles. The number of aryl methyl sites for hydroxylation is 1. The zero-order valence-corrected chi connectivity index (χ0v) is 11.4. The van der Waals surface area contributed by atoms with Crippen LogP contribution in [0.2, 0.25) is 0 Å². The first-order valence-electron chi connectivity index (χ1n) is 6.89. The van der Waals surface area contributed by atoms with Crippen molar-refractivity contribution in [3.63, 3.8) is 0 Å². The average Bonchev–Trinajstić information content (AvgIpc) is 2.86. The lowest BCUT2D eigenvalue weighted by Gasteiger charge is -2.10. The van der Waals surface area contributed by atoms with E-state index in [4.69, 9.17) is 4.74 Å². The van der Waals surface area contributed by atoms with E-state index in [0.717, 1.165) is 57.1 Å². The number of nitrogens with zero attached hydrogens (tertiary/aromatic N) is 2. The van der Waals surface area contributed by atoms with E-state index in [1.165, 1.54) is 5.56 Å². The van der Waals surface area contributed by atoms with E-state index in [1.807, 2.05) is 6.20 Å². The van der Waals surface area contributed by atoms with Gasteiger partial charge in [0.15, 0.2) is 0 Å². The second kappa shape index (κ2) is 6.81. The van der Waals surface area contributed by atoms with Crippen molar-refractivity contribution in [2.24, 2.45) is 5.92 Å². The first kappa shape index (κ1) is 13.4. The third-order valence-electron chi connectivity index (χ3n) is 3.34. The monoisotopic (exact) mass is 249 g/mol. The zero-order chi connectivity index (χ0) is 12.8. The quantitative estimate of drug-likeness (QED) is 0.782. The summed E-state index contributed by atoms with van der Waals surface area (Å²) in [6.45, 7) is 7.88. The van der Waals surface area contributed by atoms with E-state index >= 15 is 0 Å². The van der Waals surface area contributed by atoms with Crippen LogP contribution in [0.5, 0.6) is 0 Å². The van der Waals surface area contributed by atoms with Crippen LogP contribution in [0.4, 0.5) is 0 Å². The third kappa shape index (κ3) is 3.75. The summed E-state index contributed by atoms with van der Waals surface area (Å²) in [7, 11) is 0. The molecule has 2 heterocycles. The fourth-order valence-corrected chi connectivity index (χ4v) is 2.18. The van der Waals surface area contributed by atoms with Gasteiger partial charge in [-0.3, -0.25) is 0 Å². The molecule has 4 nitrogen and oxygen atoms in total. The second-order valence-corrected chi connectivity index (χ2v) is 5.03. The van der Waals surface area contributed by atoms with Gasteiger partial charge in [-0.25, -0.2) is 9.97 Å². The van der Waals surface area contributed by atoms with Crippen molar-refractivity contribution in [3.05, 3.63) is 23.3 Å². The Labute approximate surface area is 109 Å². The van der Waals surface area contributed by atoms with Crippen molar-refractivity contribution in [1.82, 2.24) is 15.3 Å². The van der Waals surface area contributed by atoms with Crippen molar-refractivity contribution >= 4 is 0 Å².